The van der Waals surface area contributed by atoms with Gasteiger partial charge in [0.15, 0.2) is 11.5 Å². The van der Waals surface area contributed by atoms with E-state index in [0.29, 0.717) is 11.3 Å². The molecular weight excluding hydrogens is 184 g/mol. The monoisotopic (exact) mass is 190 g/mol. The van der Waals surface area contributed by atoms with E-state index in [1.54, 1.807) is 0 Å². The average molecular weight is 190 g/mol. The molecule has 0 fully saturated rings. The fourth-order valence-electron chi connectivity index (χ4n) is 1.32. The molecule has 1 aromatic rings. The van der Waals surface area contributed by atoms with Gasteiger partial charge in [0.25, 0.3) is 0 Å². The van der Waals surface area contributed by atoms with E-state index < -0.39 is 5.97 Å². The van der Waals surface area contributed by atoms with E-state index in [1.165, 1.54) is 12.2 Å². The van der Waals surface area contributed by atoms with Crippen LogP contribution in [0.2, 0.25) is 0 Å². The van der Waals surface area contributed by atoms with Gasteiger partial charge in [-0.15, -0.1) is 0 Å². The number of rotatable bonds is 1. The Morgan fingerprint density at radius 3 is 2.86 bits per heavy atom. The number of aromatic carboxylic acids is 1. The third-order valence-electron chi connectivity index (χ3n) is 1.95. The molecule has 0 saturated carbocycles. The second-order valence-electron chi connectivity index (χ2n) is 2.86. The standard InChI is InChI=1S/C9H6N2O3/c12-5-1-2-6-7(3-5)10-4-11-8(6)9(13)14/h1-2,4H,3H2,(H,13,14). The molecule has 0 spiro atoms. The molecule has 1 aromatic heterocycles. The van der Waals surface area contributed by atoms with Crippen molar-refractivity contribution in [2.24, 2.45) is 0 Å². The topological polar surface area (TPSA) is 80.2 Å². The zero-order valence-corrected chi connectivity index (χ0v) is 7.10. The number of carboxylic acids is 1. The van der Waals surface area contributed by atoms with Crippen LogP contribution >= 0.6 is 0 Å². The van der Waals surface area contributed by atoms with Crippen molar-refractivity contribution in [1.82, 2.24) is 9.97 Å². The number of carbonyl (C=O) groups is 2. The van der Waals surface area contributed by atoms with E-state index in [-0.39, 0.29) is 17.9 Å². The second-order valence-corrected chi connectivity index (χ2v) is 2.86. The van der Waals surface area contributed by atoms with E-state index in [9.17, 15) is 9.59 Å². The fraction of sp³-hybridized carbons (Fsp3) is 0.111. The first-order chi connectivity index (χ1) is 6.68. The molecule has 0 amide bonds. The number of hydrogen-bond acceptors (Lipinski definition) is 4. The van der Waals surface area contributed by atoms with Crippen LogP contribution in [0, 0.1) is 0 Å². The molecule has 5 nitrogen and oxygen atoms in total. The molecule has 0 bridgehead atoms. The van der Waals surface area contributed by atoms with Gasteiger partial charge in [0, 0.05) is 5.56 Å². The third-order valence-corrected chi connectivity index (χ3v) is 1.95. The summed E-state index contributed by atoms with van der Waals surface area (Å²) in [6.45, 7) is 0. The van der Waals surface area contributed by atoms with Crippen LogP contribution in [0.1, 0.15) is 21.7 Å². The number of fused-ring (bicyclic) bond motifs is 1. The zero-order chi connectivity index (χ0) is 10.1. The highest BCUT2D eigenvalue weighted by atomic mass is 16.4. The Morgan fingerprint density at radius 2 is 2.14 bits per heavy atom. The van der Waals surface area contributed by atoms with Crippen LogP contribution in [0.4, 0.5) is 0 Å². The lowest BCUT2D eigenvalue weighted by atomic mass is 10.0. The Balaban J connectivity index is 2.61. The summed E-state index contributed by atoms with van der Waals surface area (Å²) in [4.78, 5) is 29.3. The molecule has 0 radical (unpaired) electrons. The van der Waals surface area contributed by atoms with Gasteiger partial charge >= 0.3 is 5.97 Å². The summed E-state index contributed by atoms with van der Waals surface area (Å²) in [5.74, 6) is -1.19. The fourth-order valence-corrected chi connectivity index (χ4v) is 1.32. The first-order valence-electron chi connectivity index (χ1n) is 3.96. The number of carboxylic acid groups (broad SMARTS) is 1. The van der Waals surface area contributed by atoms with Crippen molar-refractivity contribution < 1.29 is 14.7 Å². The lowest BCUT2D eigenvalue weighted by Gasteiger charge is -2.09. The normalized spacial score (nSPS) is 13.9. The highest BCUT2D eigenvalue weighted by Crippen LogP contribution is 2.17. The zero-order valence-electron chi connectivity index (χ0n) is 7.10. The minimum absolute atomic E-state index is 0.0567. The smallest absolute Gasteiger partial charge is 0.355 e. The van der Waals surface area contributed by atoms with Crippen LogP contribution in [0.3, 0.4) is 0 Å². The Kier molecular flexibility index (Phi) is 1.85. The van der Waals surface area contributed by atoms with Gasteiger partial charge in [0.2, 0.25) is 0 Å². The van der Waals surface area contributed by atoms with Crippen molar-refractivity contribution >= 4 is 17.8 Å². The predicted octanol–water partition coefficient (Wildman–Crippen LogP) is 0.313. The van der Waals surface area contributed by atoms with Crippen molar-refractivity contribution in [3.05, 3.63) is 29.4 Å². The summed E-state index contributed by atoms with van der Waals surface area (Å²) in [7, 11) is 0. The number of carbonyl (C=O) groups excluding carboxylic acids is 1. The Bertz CT molecular complexity index is 451. The van der Waals surface area contributed by atoms with Gasteiger partial charge in [0.1, 0.15) is 6.33 Å². The largest absolute Gasteiger partial charge is 0.476 e. The molecule has 0 aromatic carbocycles. The van der Waals surface area contributed by atoms with Gasteiger partial charge in [-0.2, -0.15) is 0 Å². The van der Waals surface area contributed by atoms with Crippen molar-refractivity contribution in [1.29, 1.82) is 0 Å². The highest BCUT2D eigenvalue weighted by molar-refractivity contribution is 6.01. The summed E-state index contributed by atoms with van der Waals surface area (Å²) < 4.78 is 0. The summed E-state index contributed by atoms with van der Waals surface area (Å²) >= 11 is 0. The lowest BCUT2D eigenvalue weighted by molar-refractivity contribution is -0.114. The maximum absolute atomic E-state index is 11.0. The van der Waals surface area contributed by atoms with Crippen LogP contribution < -0.4 is 0 Å². The first kappa shape index (κ1) is 8.55. The number of ketones is 1. The van der Waals surface area contributed by atoms with E-state index >= 15 is 0 Å². The average Bonchev–Trinajstić information content (AvgIpc) is 2.16. The molecule has 0 atom stereocenters. The Hall–Kier alpha value is -2.04. The first-order valence-corrected chi connectivity index (χ1v) is 3.96. The predicted molar refractivity (Wildman–Crippen MR) is 46.7 cm³/mol. The van der Waals surface area contributed by atoms with Gasteiger partial charge in [-0.3, -0.25) is 4.79 Å². The third kappa shape index (κ3) is 1.28. The molecule has 2 rings (SSSR count). The molecule has 0 saturated heterocycles. The van der Waals surface area contributed by atoms with Crippen LogP contribution in [0.25, 0.3) is 6.08 Å². The number of aromatic nitrogens is 2. The SMILES string of the molecule is O=C1C=Cc2c(ncnc2C(=O)O)C1. The maximum Gasteiger partial charge on any atom is 0.355 e. The molecule has 14 heavy (non-hydrogen) atoms. The van der Waals surface area contributed by atoms with Crippen molar-refractivity contribution in [2.75, 3.05) is 0 Å². The molecule has 1 N–H and O–H groups in total. The summed E-state index contributed by atoms with van der Waals surface area (Å²) in [6, 6.07) is 0. The molecule has 1 heterocycles. The van der Waals surface area contributed by atoms with Crippen LogP contribution in [-0.2, 0) is 11.2 Å². The Morgan fingerprint density at radius 1 is 1.36 bits per heavy atom. The van der Waals surface area contributed by atoms with E-state index in [0.717, 1.165) is 6.33 Å². The maximum atomic E-state index is 11.0. The van der Waals surface area contributed by atoms with Gasteiger partial charge in [-0.25, -0.2) is 14.8 Å². The van der Waals surface area contributed by atoms with Gasteiger partial charge in [-0.05, 0) is 12.2 Å². The highest BCUT2D eigenvalue weighted by Gasteiger charge is 2.19. The summed E-state index contributed by atoms with van der Waals surface area (Å²) in [5.41, 5.74) is 0.850. The van der Waals surface area contributed by atoms with E-state index in [4.69, 9.17) is 5.11 Å². The van der Waals surface area contributed by atoms with Gasteiger partial charge in [-0.1, -0.05) is 0 Å². The van der Waals surface area contributed by atoms with Crippen molar-refractivity contribution in [3.8, 4) is 0 Å². The van der Waals surface area contributed by atoms with Crippen LogP contribution in [-0.4, -0.2) is 26.8 Å². The van der Waals surface area contributed by atoms with Gasteiger partial charge in [0.05, 0.1) is 12.1 Å². The molecule has 0 unspecified atom stereocenters. The minimum Gasteiger partial charge on any atom is -0.476 e. The van der Waals surface area contributed by atoms with Gasteiger partial charge < -0.3 is 5.11 Å². The van der Waals surface area contributed by atoms with Crippen molar-refractivity contribution in [2.45, 2.75) is 6.42 Å². The molecule has 1 aliphatic rings. The number of hydrogen-bond donors (Lipinski definition) is 1. The van der Waals surface area contributed by atoms with E-state index in [1.807, 2.05) is 0 Å². The lowest BCUT2D eigenvalue weighted by Crippen LogP contribution is -2.13. The quantitative estimate of drug-likeness (QED) is 0.689. The summed E-state index contributed by atoms with van der Waals surface area (Å²) in [5, 5.41) is 8.80. The molecular formula is C9H6N2O3. The Labute approximate surface area is 79.1 Å². The molecule has 70 valence electrons. The number of nitrogens with zero attached hydrogens (tertiary/aromatic N) is 2. The van der Waals surface area contributed by atoms with E-state index in [2.05, 4.69) is 9.97 Å². The molecule has 0 aliphatic heterocycles. The van der Waals surface area contributed by atoms with Crippen LogP contribution in [0.5, 0.6) is 0 Å². The number of allylic oxidation sites excluding steroid dienone is 1. The molecule has 5 heteroatoms. The van der Waals surface area contributed by atoms with Crippen LogP contribution in [0.15, 0.2) is 12.4 Å². The minimum atomic E-state index is -1.11. The molecule has 1 aliphatic carbocycles. The second kappa shape index (κ2) is 3.02. The summed E-state index contributed by atoms with van der Waals surface area (Å²) in [6.07, 6.45) is 4.10. The van der Waals surface area contributed by atoms with Crippen molar-refractivity contribution in [3.63, 3.8) is 0 Å².